The van der Waals surface area contributed by atoms with Crippen LogP contribution in [0.3, 0.4) is 0 Å². The molecule has 0 aliphatic heterocycles. The standard InChI is InChI=1S/C20H26N4O2/c1-24-17(12-16(23-24)14-8-5-9-14)22-19(26)21-13-20(10-11-20)18(25)15-6-3-2-4-7-15/h2-4,6-7,12,14,18,25H,5,8-11,13H2,1H3,(H2,21,22,26). The van der Waals surface area contributed by atoms with Crippen LogP contribution in [0.4, 0.5) is 10.6 Å². The maximum atomic E-state index is 12.3. The first-order valence-corrected chi connectivity index (χ1v) is 9.39. The van der Waals surface area contributed by atoms with E-state index in [-0.39, 0.29) is 11.4 Å². The molecule has 1 unspecified atom stereocenters. The Morgan fingerprint density at radius 1 is 1.35 bits per heavy atom. The van der Waals surface area contributed by atoms with Crippen molar-refractivity contribution in [2.45, 2.75) is 44.1 Å². The van der Waals surface area contributed by atoms with Gasteiger partial charge in [-0.3, -0.25) is 10.00 Å². The van der Waals surface area contributed by atoms with E-state index in [1.807, 2.05) is 43.4 Å². The molecule has 4 rings (SSSR count). The van der Waals surface area contributed by atoms with Crippen LogP contribution in [0.5, 0.6) is 0 Å². The fourth-order valence-corrected chi connectivity index (χ4v) is 3.62. The minimum Gasteiger partial charge on any atom is -0.388 e. The van der Waals surface area contributed by atoms with Crippen molar-refractivity contribution in [2.75, 3.05) is 11.9 Å². The van der Waals surface area contributed by atoms with E-state index in [1.54, 1.807) is 4.68 Å². The van der Waals surface area contributed by atoms with Crippen LogP contribution in [0.15, 0.2) is 36.4 Å². The summed E-state index contributed by atoms with van der Waals surface area (Å²) in [6.45, 7) is 0.461. The van der Waals surface area contributed by atoms with Gasteiger partial charge in [0, 0.05) is 31.0 Å². The van der Waals surface area contributed by atoms with Crippen LogP contribution < -0.4 is 10.6 Å². The number of rotatable bonds is 6. The highest BCUT2D eigenvalue weighted by molar-refractivity contribution is 5.88. The van der Waals surface area contributed by atoms with Crippen molar-refractivity contribution in [3.63, 3.8) is 0 Å². The molecule has 6 heteroatoms. The third-order valence-electron chi connectivity index (χ3n) is 5.85. The van der Waals surface area contributed by atoms with E-state index in [0.29, 0.717) is 18.3 Å². The maximum Gasteiger partial charge on any atom is 0.320 e. The summed E-state index contributed by atoms with van der Waals surface area (Å²) in [6.07, 6.45) is 4.91. The topological polar surface area (TPSA) is 79.2 Å². The summed E-state index contributed by atoms with van der Waals surface area (Å²) in [6, 6.07) is 11.4. The summed E-state index contributed by atoms with van der Waals surface area (Å²) in [4.78, 5) is 12.3. The van der Waals surface area contributed by atoms with Crippen molar-refractivity contribution >= 4 is 11.8 Å². The molecular formula is C20H26N4O2. The van der Waals surface area contributed by atoms with Gasteiger partial charge in [-0.1, -0.05) is 36.8 Å². The van der Waals surface area contributed by atoms with Crippen molar-refractivity contribution in [3.05, 3.63) is 47.7 Å². The predicted octanol–water partition coefficient (Wildman–Crippen LogP) is 3.32. The molecule has 0 saturated heterocycles. The van der Waals surface area contributed by atoms with Gasteiger partial charge in [-0.05, 0) is 31.2 Å². The van der Waals surface area contributed by atoms with Crippen LogP contribution in [-0.2, 0) is 7.05 Å². The lowest BCUT2D eigenvalue weighted by Gasteiger charge is -2.23. The van der Waals surface area contributed by atoms with Gasteiger partial charge in [0.05, 0.1) is 11.8 Å². The molecule has 2 amide bonds. The van der Waals surface area contributed by atoms with Crippen molar-refractivity contribution in [1.82, 2.24) is 15.1 Å². The quantitative estimate of drug-likeness (QED) is 0.744. The van der Waals surface area contributed by atoms with Crippen LogP contribution in [0.25, 0.3) is 0 Å². The zero-order valence-corrected chi connectivity index (χ0v) is 15.1. The molecule has 26 heavy (non-hydrogen) atoms. The number of aliphatic hydroxyl groups is 1. The summed E-state index contributed by atoms with van der Waals surface area (Å²) >= 11 is 0. The van der Waals surface area contributed by atoms with Gasteiger partial charge < -0.3 is 10.4 Å². The van der Waals surface area contributed by atoms with Gasteiger partial charge in [0.15, 0.2) is 0 Å². The number of amides is 2. The van der Waals surface area contributed by atoms with Gasteiger partial charge in [0.2, 0.25) is 0 Å². The lowest BCUT2D eigenvalue weighted by molar-refractivity contribution is 0.0936. The minimum atomic E-state index is -0.550. The number of hydrogen-bond donors (Lipinski definition) is 3. The van der Waals surface area contributed by atoms with Gasteiger partial charge in [-0.2, -0.15) is 5.10 Å². The van der Waals surface area contributed by atoms with Crippen molar-refractivity contribution in [3.8, 4) is 0 Å². The molecule has 2 aromatic rings. The number of nitrogens with one attached hydrogen (secondary N) is 2. The van der Waals surface area contributed by atoms with Crippen LogP contribution in [0.1, 0.15) is 55.4 Å². The Morgan fingerprint density at radius 2 is 2.08 bits per heavy atom. The summed E-state index contributed by atoms with van der Waals surface area (Å²) < 4.78 is 1.72. The largest absolute Gasteiger partial charge is 0.388 e. The predicted molar refractivity (Wildman–Crippen MR) is 99.9 cm³/mol. The Morgan fingerprint density at radius 3 is 2.69 bits per heavy atom. The second-order valence-corrected chi connectivity index (χ2v) is 7.69. The molecule has 0 bridgehead atoms. The Balaban J connectivity index is 1.33. The van der Waals surface area contributed by atoms with Crippen molar-refractivity contribution in [1.29, 1.82) is 0 Å². The van der Waals surface area contributed by atoms with Crippen LogP contribution >= 0.6 is 0 Å². The molecule has 1 aromatic carbocycles. The van der Waals surface area contributed by atoms with E-state index in [1.165, 1.54) is 19.3 Å². The molecule has 1 atom stereocenters. The maximum absolute atomic E-state index is 12.3. The summed E-state index contributed by atoms with van der Waals surface area (Å²) in [5.41, 5.74) is 1.72. The lowest BCUT2D eigenvalue weighted by Crippen LogP contribution is -2.36. The highest BCUT2D eigenvalue weighted by atomic mass is 16.3. The monoisotopic (exact) mass is 354 g/mol. The molecule has 2 aliphatic carbocycles. The average molecular weight is 354 g/mol. The van der Waals surface area contributed by atoms with Crippen LogP contribution in [0, 0.1) is 5.41 Å². The molecule has 1 aromatic heterocycles. The smallest absolute Gasteiger partial charge is 0.320 e. The first-order valence-electron chi connectivity index (χ1n) is 9.39. The van der Waals surface area contributed by atoms with Gasteiger partial charge in [0.25, 0.3) is 0 Å². The average Bonchev–Trinajstić information content (AvgIpc) is 3.31. The molecule has 2 fully saturated rings. The summed E-state index contributed by atoms with van der Waals surface area (Å²) in [5.74, 6) is 1.24. The number of hydrogen-bond acceptors (Lipinski definition) is 3. The third kappa shape index (κ3) is 3.33. The normalized spacial score (nSPS) is 19.5. The highest BCUT2D eigenvalue weighted by Gasteiger charge is 2.49. The summed E-state index contributed by atoms with van der Waals surface area (Å²) in [7, 11) is 1.85. The number of urea groups is 1. The molecule has 2 saturated carbocycles. The fourth-order valence-electron chi connectivity index (χ4n) is 3.62. The van der Waals surface area contributed by atoms with Gasteiger partial charge in [-0.15, -0.1) is 0 Å². The van der Waals surface area contributed by atoms with Gasteiger partial charge >= 0.3 is 6.03 Å². The molecule has 2 aliphatic rings. The van der Waals surface area contributed by atoms with Crippen molar-refractivity contribution in [2.24, 2.45) is 12.5 Å². The molecular weight excluding hydrogens is 328 g/mol. The van der Waals surface area contributed by atoms with E-state index in [9.17, 15) is 9.90 Å². The summed E-state index contributed by atoms with van der Waals surface area (Å²) in [5, 5.41) is 21.0. The zero-order valence-electron chi connectivity index (χ0n) is 15.1. The Bertz CT molecular complexity index is 778. The number of carbonyl (C=O) groups excluding carboxylic acids is 1. The molecule has 1 heterocycles. The fraction of sp³-hybridized carbons (Fsp3) is 0.500. The minimum absolute atomic E-state index is 0.248. The van der Waals surface area contributed by atoms with Crippen LogP contribution in [-0.4, -0.2) is 27.5 Å². The number of aliphatic hydroxyl groups excluding tert-OH is 1. The molecule has 138 valence electrons. The van der Waals surface area contributed by atoms with E-state index in [4.69, 9.17) is 0 Å². The molecule has 3 N–H and O–H groups in total. The molecule has 6 nitrogen and oxygen atoms in total. The highest BCUT2D eigenvalue weighted by Crippen LogP contribution is 2.54. The van der Waals surface area contributed by atoms with E-state index >= 15 is 0 Å². The number of benzene rings is 1. The Kier molecular flexibility index (Phi) is 4.44. The number of aryl methyl sites for hydroxylation is 1. The van der Waals surface area contributed by atoms with Gasteiger partial charge in [0.1, 0.15) is 5.82 Å². The lowest BCUT2D eigenvalue weighted by atomic mass is 9.83. The van der Waals surface area contributed by atoms with E-state index in [2.05, 4.69) is 15.7 Å². The Labute approximate surface area is 153 Å². The van der Waals surface area contributed by atoms with Gasteiger partial charge in [-0.25, -0.2) is 4.79 Å². The van der Waals surface area contributed by atoms with E-state index in [0.717, 1.165) is 24.1 Å². The number of aromatic nitrogens is 2. The molecule has 0 radical (unpaired) electrons. The second-order valence-electron chi connectivity index (χ2n) is 7.69. The Hall–Kier alpha value is -2.34. The van der Waals surface area contributed by atoms with Crippen LogP contribution in [0.2, 0.25) is 0 Å². The SMILES string of the molecule is Cn1nc(C2CCC2)cc1NC(=O)NCC1(C(O)c2ccccc2)CC1. The number of nitrogens with zero attached hydrogens (tertiary/aromatic N) is 2. The first-order chi connectivity index (χ1) is 12.6. The molecule has 0 spiro atoms. The van der Waals surface area contributed by atoms with Crippen molar-refractivity contribution < 1.29 is 9.90 Å². The number of carbonyl (C=O) groups is 1. The van der Waals surface area contributed by atoms with E-state index < -0.39 is 6.10 Å². The first kappa shape index (κ1) is 17.1. The zero-order chi connectivity index (χ0) is 18.1. The second kappa shape index (κ2) is 6.76. The number of anilines is 1. The third-order valence-corrected chi connectivity index (χ3v) is 5.85.